The van der Waals surface area contributed by atoms with Crippen LogP contribution in [0.4, 0.5) is 0 Å². The van der Waals surface area contributed by atoms with E-state index in [2.05, 4.69) is 29.3 Å². The standard InChI is InChI=1S/C17H23N3O2/c1-12-5-3-4-6-14(12)9-16-18-19-17(22-16)11-20(2)10-15(21)13-7-8-13/h3-6,13,15,21H,7-11H2,1-2H3. The zero-order valence-electron chi connectivity index (χ0n) is 13.2. The molecule has 1 aliphatic rings. The number of aliphatic hydroxyl groups is 1. The van der Waals surface area contributed by atoms with Crippen LogP contribution in [0.25, 0.3) is 0 Å². The third-order valence-corrected chi connectivity index (χ3v) is 4.18. The summed E-state index contributed by atoms with van der Waals surface area (Å²) < 4.78 is 5.73. The first-order chi connectivity index (χ1) is 10.6. The highest BCUT2D eigenvalue weighted by molar-refractivity contribution is 5.27. The van der Waals surface area contributed by atoms with Gasteiger partial charge in [0.2, 0.25) is 11.8 Å². The number of likely N-dealkylation sites (N-methyl/N-ethyl adjacent to an activating group) is 1. The molecule has 1 saturated carbocycles. The van der Waals surface area contributed by atoms with Crippen molar-refractivity contribution in [2.24, 2.45) is 5.92 Å². The number of benzene rings is 1. The van der Waals surface area contributed by atoms with Crippen molar-refractivity contribution in [3.8, 4) is 0 Å². The second kappa shape index (κ2) is 6.58. The molecule has 22 heavy (non-hydrogen) atoms. The molecule has 1 N–H and O–H groups in total. The van der Waals surface area contributed by atoms with Crippen LogP contribution in [0.15, 0.2) is 28.7 Å². The van der Waals surface area contributed by atoms with Gasteiger partial charge in [-0.25, -0.2) is 0 Å². The molecular weight excluding hydrogens is 278 g/mol. The summed E-state index contributed by atoms with van der Waals surface area (Å²) in [5.41, 5.74) is 2.43. The summed E-state index contributed by atoms with van der Waals surface area (Å²) >= 11 is 0. The van der Waals surface area contributed by atoms with Gasteiger partial charge in [0.1, 0.15) is 0 Å². The van der Waals surface area contributed by atoms with E-state index in [1.54, 1.807) is 0 Å². The van der Waals surface area contributed by atoms with E-state index in [4.69, 9.17) is 4.42 Å². The molecule has 3 rings (SSSR count). The predicted molar refractivity (Wildman–Crippen MR) is 83.3 cm³/mol. The highest BCUT2D eigenvalue weighted by Crippen LogP contribution is 2.32. The summed E-state index contributed by atoms with van der Waals surface area (Å²) in [7, 11) is 1.97. The Labute approximate surface area is 131 Å². The topological polar surface area (TPSA) is 62.4 Å². The van der Waals surface area contributed by atoms with Crippen molar-refractivity contribution in [2.45, 2.75) is 38.8 Å². The maximum Gasteiger partial charge on any atom is 0.230 e. The van der Waals surface area contributed by atoms with Gasteiger partial charge in [-0.2, -0.15) is 0 Å². The second-order valence-corrected chi connectivity index (χ2v) is 6.29. The molecule has 0 saturated heterocycles. The minimum Gasteiger partial charge on any atom is -0.424 e. The van der Waals surface area contributed by atoms with Crippen LogP contribution in [-0.2, 0) is 13.0 Å². The van der Waals surface area contributed by atoms with Gasteiger partial charge in [0.05, 0.1) is 19.1 Å². The van der Waals surface area contributed by atoms with Crippen LogP contribution in [0.2, 0.25) is 0 Å². The van der Waals surface area contributed by atoms with Crippen LogP contribution >= 0.6 is 0 Å². The van der Waals surface area contributed by atoms with Crippen molar-refractivity contribution in [1.82, 2.24) is 15.1 Å². The first-order valence-corrected chi connectivity index (χ1v) is 7.84. The van der Waals surface area contributed by atoms with Gasteiger partial charge in [-0.05, 0) is 43.9 Å². The highest BCUT2D eigenvalue weighted by atomic mass is 16.4. The number of nitrogens with zero attached hydrogens (tertiary/aromatic N) is 3. The average molecular weight is 301 g/mol. The van der Waals surface area contributed by atoms with Crippen LogP contribution < -0.4 is 0 Å². The lowest BCUT2D eigenvalue weighted by Gasteiger charge is -2.18. The van der Waals surface area contributed by atoms with E-state index >= 15 is 0 Å². The van der Waals surface area contributed by atoms with Crippen molar-refractivity contribution in [2.75, 3.05) is 13.6 Å². The van der Waals surface area contributed by atoms with Crippen molar-refractivity contribution in [1.29, 1.82) is 0 Å². The Bertz CT molecular complexity index is 622. The van der Waals surface area contributed by atoms with Gasteiger partial charge in [-0.1, -0.05) is 24.3 Å². The summed E-state index contributed by atoms with van der Waals surface area (Å²) in [4.78, 5) is 2.04. The van der Waals surface area contributed by atoms with Crippen molar-refractivity contribution in [3.63, 3.8) is 0 Å². The molecular formula is C17H23N3O2. The molecule has 0 amide bonds. The van der Waals surface area contributed by atoms with Gasteiger partial charge in [0.25, 0.3) is 0 Å². The van der Waals surface area contributed by atoms with E-state index < -0.39 is 0 Å². The molecule has 1 aromatic heterocycles. The highest BCUT2D eigenvalue weighted by Gasteiger charge is 2.30. The molecule has 1 heterocycles. The quantitative estimate of drug-likeness (QED) is 0.849. The lowest BCUT2D eigenvalue weighted by molar-refractivity contribution is 0.100. The number of aryl methyl sites for hydroxylation is 1. The Balaban J connectivity index is 1.55. The fourth-order valence-corrected chi connectivity index (χ4v) is 2.64. The maximum atomic E-state index is 9.96. The van der Waals surface area contributed by atoms with E-state index in [0.29, 0.717) is 37.2 Å². The van der Waals surface area contributed by atoms with Gasteiger partial charge in [-0.15, -0.1) is 10.2 Å². The SMILES string of the molecule is Cc1ccccc1Cc1nnc(CN(C)CC(O)C2CC2)o1. The summed E-state index contributed by atoms with van der Waals surface area (Å²) in [5, 5.41) is 18.2. The van der Waals surface area contributed by atoms with Gasteiger partial charge in [0.15, 0.2) is 0 Å². The first kappa shape index (κ1) is 15.2. The normalized spacial score (nSPS) is 16.2. The largest absolute Gasteiger partial charge is 0.424 e. The maximum absolute atomic E-state index is 9.96. The molecule has 0 spiro atoms. The van der Waals surface area contributed by atoms with Crippen molar-refractivity contribution >= 4 is 0 Å². The Morgan fingerprint density at radius 3 is 2.73 bits per heavy atom. The van der Waals surface area contributed by atoms with Gasteiger partial charge in [-0.3, -0.25) is 4.90 Å². The fourth-order valence-electron chi connectivity index (χ4n) is 2.64. The minimum atomic E-state index is -0.237. The molecule has 1 fully saturated rings. The van der Waals surface area contributed by atoms with Crippen LogP contribution in [0.5, 0.6) is 0 Å². The summed E-state index contributed by atoms with van der Waals surface area (Å²) in [6, 6.07) is 8.21. The Kier molecular flexibility index (Phi) is 4.55. The van der Waals surface area contributed by atoms with E-state index in [9.17, 15) is 5.11 Å². The Morgan fingerprint density at radius 1 is 1.27 bits per heavy atom. The smallest absolute Gasteiger partial charge is 0.230 e. The van der Waals surface area contributed by atoms with Crippen LogP contribution in [0.3, 0.4) is 0 Å². The third kappa shape index (κ3) is 3.93. The molecule has 0 bridgehead atoms. The Morgan fingerprint density at radius 2 is 2.00 bits per heavy atom. The molecule has 0 radical (unpaired) electrons. The number of aliphatic hydroxyl groups excluding tert-OH is 1. The number of rotatable bonds is 7. The third-order valence-electron chi connectivity index (χ3n) is 4.18. The molecule has 1 aliphatic carbocycles. The monoisotopic (exact) mass is 301 g/mol. The first-order valence-electron chi connectivity index (χ1n) is 7.84. The second-order valence-electron chi connectivity index (χ2n) is 6.29. The molecule has 118 valence electrons. The number of aromatic nitrogens is 2. The zero-order valence-corrected chi connectivity index (χ0v) is 13.2. The van der Waals surface area contributed by atoms with Crippen LogP contribution in [0.1, 0.15) is 35.7 Å². The van der Waals surface area contributed by atoms with E-state index in [1.807, 2.05) is 24.1 Å². The zero-order chi connectivity index (χ0) is 15.5. The number of hydrogen-bond acceptors (Lipinski definition) is 5. The van der Waals surface area contributed by atoms with Gasteiger partial charge < -0.3 is 9.52 Å². The summed E-state index contributed by atoms with van der Waals surface area (Å²) in [6.07, 6.45) is 2.72. The number of hydrogen-bond donors (Lipinski definition) is 1. The van der Waals surface area contributed by atoms with Crippen LogP contribution in [-0.4, -0.2) is 39.9 Å². The van der Waals surface area contributed by atoms with Crippen LogP contribution in [0, 0.1) is 12.8 Å². The van der Waals surface area contributed by atoms with E-state index in [-0.39, 0.29) is 6.10 Å². The van der Waals surface area contributed by atoms with Crippen molar-refractivity contribution < 1.29 is 9.52 Å². The van der Waals surface area contributed by atoms with E-state index in [0.717, 1.165) is 12.8 Å². The minimum absolute atomic E-state index is 0.237. The molecule has 5 heteroatoms. The van der Waals surface area contributed by atoms with Crippen molar-refractivity contribution in [3.05, 3.63) is 47.2 Å². The molecule has 2 aromatic rings. The lowest BCUT2D eigenvalue weighted by Crippen LogP contribution is -2.30. The molecule has 0 aliphatic heterocycles. The fraction of sp³-hybridized carbons (Fsp3) is 0.529. The summed E-state index contributed by atoms with van der Waals surface area (Å²) in [5.74, 6) is 1.73. The van der Waals surface area contributed by atoms with E-state index in [1.165, 1.54) is 11.1 Å². The van der Waals surface area contributed by atoms with Gasteiger partial charge in [0, 0.05) is 6.54 Å². The molecule has 1 aromatic carbocycles. The lowest BCUT2D eigenvalue weighted by atomic mass is 10.1. The molecule has 1 atom stereocenters. The van der Waals surface area contributed by atoms with Gasteiger partial charge >= 0.3 is 0 Å². The molecule has 1 unspecified atom stereocenters. The average Bonchev–Trinajstić information content (AvgIpc) is 3.24. The summed E-state index contributed by atoms with van der Waals surface area (Å²) in [6.45, 7) is 3.31. The molecule has 5 nitrogen and oxygen atoms in total. The Hall–Kier alpha value is -1.72. The predicted octanol–water partition coefficient (Wildman–Crippen LogP) is 2.17.